The Balaban J connectivity index is 1.05. The summed E-state index contributed by atoms with van der Waals surface area (Å²) in [7, 11) is -30.4. The largest absolute Gasteiger partial charge is 0.506 e. The Morgan fingerprint density at radius 3 is 0.976 bits per heavy atom. The van der Waals surface area contributed by atoms with Gasteiger partial charge < -0.3 is 25.7 Å². The van der Waals surface area contributed by atoms with Gasteiger partial charge in [-0.25, -0.2) is 0 Å². The van der Waals surface area contributed by atoms with Crippen molar-refractivity contribution < 1.29 is 98.2 Å². The van der Waals surface area contributed by atoms with Crippen LogP contribution in [0.2, 0.25) is 0 Å². The molecule has 0 radical (unpaired) electrons. The van der Waals surface area contributed by atoms with Crippen molar-refractivity contribution in [1.82, 2.24) is 0 Å². The number of aryl methyl sites for hydroxylation is 2. The fraction of sp³-hybridized carbons (Fsp3) is 0.0435. The quantitative estimate of drug-likeness (QED) is 0.0316. The maximum Gasteiger partial charge on any atom is 0.296 e. The molecule has 83 heavy (non-hydrogen) atoms. The van der Waals surface area contributed by atoms with Crippen molar-refractivity contribution >= 4 is 139 Å². The highest BCUT2D eigenvalue weighted by atomic mass is 32.2. The van der Waals surface area contributed by atoms with Crippen LogP contribution in [-0.4, -0.2) is 98.2 Å². The molecule has 0 amide bonds. The molecular weight excluding hydrogens is 1220 g/mol. The van der Waals surface area contributed by atoms with Gasteiger partial charge in [-0.05, 0) is 133 Å². The number of rotatable bonds is 16. The summed E-state index contributed by atoms with van der Waals surface area (Å²) in [5.74, 6) is -3.00. The van der Waals surface area contributed by atoms with Crippen LogP contribution in [0.4, 0.5) is 56.9 Å². The molecule has 0 spiro atoms. The molecule has 0 aliphatic heterocycles. The number of hydrogen-bond donors (Lipinski definition) is 11. The number of phenols is 4. The fourth-order valence-electron chi connectivity index (χ4n) is 7.64. The van der Waals surface area contributed by atoms with Crippen molar-refractivity contribution in [3.05, 3.63) is 120 Å². The van der Waals surface area contributed by atoms with Gasteiger partial charge >= 0.3 is 0 Å². The van der Waals surface area contributed by atoms with E-state index in [0.29, 0.717) is 12.1 Å². The Kier molecular flexibility index (Phi) is 15.8. The molecular formula is C46H35N9O22S6. The minimum absolute atomic E-state index is 0.0137. The summed E-state index contributed by atoms with van der Waals surface area (Å²) >= 11 is 0. The average Bonchev–Trinajstić information content (AvgIpc) is 1.89. The predicted octanol–water partition coefficient (Wildman–Crippen LogP) is 10.3. The molecule has 37 heteroatoms. The zero-order valence-corrected chi connectivity index (χ0v) is 46.2. The highest BCUT2D eigenvalue weighted by molar-refractivity contribution is 7.87. The van der Waals surface area contributed by atoms with Crippen LogP contribution < -0.4 is 5.32 Å². The van der Waals surface area contributed by atoms with E-state index in [1.165, 1.54) is 50.2 Å². The zero-order valence-electron chi connectivity index (χ0n) is 41.3. The molecule has 0 unspecified atom stereocenters. The SMILES string of the molecule is Cc1cc(N=Nc2c(S(=O)(=O)O)cc3cc(Nc4ccc5c(O)c(N=Nc6cc(C)c(N=Nc7ccc(S(=O)(=O)O)cc7S(=O)(=O)O)cc6O)c(S(=O)(=O)O)cc5c4)ccc3c2O)c(O)cc1N=Nc1ccc(S(=O)(=O)O)cc1S(=O)(=O)O. The van der Waals surface area contributed by atoms with Crippen molar-refractivity contribution in [1.29, 1.82) is 0 Å². The first-order valence-corrected chi connectivity index (χ1v) is 30.9. The standard InChI is InChI=1S/C46H35N9O22S6/c1-21-11-35(37(56)19-33(21)50-48-31-9-5-27(78(60,61)62)17-39(31)80(66,67)68)52-54-43-41(82(72,73)74)15-23-13-25(3-7-29(23)45(43)58)47-26-4-8-30-24(14-26)16-42(83(75,76)77)44(46(30)59)55-53-36-12-22(2)34(20-38(36)57)51-49-32-10-6-28(79(63,64)65)18-40(32)81(69,70)71/h3-20,47,56-59H,1-2H3,(H,60,61,62)(H,63,64,65)(H,66,67,68)(H,69,70,71)(H,72,73,74)(H,75,76,77). The molecule has 8 rings (SSSR count). The highest BCUT2D eigenvalue weighted by Gasteiger charge is 2.26. The Labute approximate surface area is 467 Å². The van der Waals surface area contributed by atoms with Crippen LogP contribution in [0.1, 0.15) is 11.1 Å². The Morgan fingerprint density at radius 2 is 0.651 bits per heavy atom. The van der Waals surface area contributed by atoms with Crippen molar-refractivity contribution in [2.45, 2.75) is 43.2 Å². The second-order valence-corrected chi connectivity index (χ2v) is 25.7. The van der Waals surface area contributed by atoms with Crippen LogP contribution in [0.15, 0.2) is 179 Å². The van der Waals surface area contributed by atoms with Crippen molar-refractivity contribution in [2.75, 3.05) is 5.32 Å². The van der Waals surface area contributed by atoms with E-state index < -0.39 is 136 Å². The van der Waals surface area contributed by atoms with Crippen LogP contribution in [0.5, 0.6) is 23.0 Å². The number of azo groups is 4. The van der Waals surface area contributed by atoms with Crippen LogP contribution in [0, 0.1) is 13.8 Å². The second kappa shape index (κ2) is 21.8. The number of hydrogen-bond acceptors (Lipinski definition) is 25. The third-order valence-corrected chi connectivity index (χ3v) is 16.8. The van der Waals surface area contributed by atoms with Gasteiger partial charge in [0.25, 0.3) is 60.7 Å². The molecule has 31 nitrogen and oxygen atoms in total. The maximum absolute atomic E-state index is 12.7. The minimum Gasteiger partial charge on any atom is -0.506 e. The van der Waals surface area contributed by atoms with Gasteiger partial charge in [-0.2, -0.15) is 60.7 Å². The number of benzene rings is 8. The number of fused-ring (bicyclic) bond motifs is 2. The van der Waals surface area contributed by atoms with Gasteiger partial charge in [-0.1, -0.05) is 0 Å². The van der Waals surface area contributed by atoms with E-state index in [1.54, 1.807) is 0 Å². The van der Waals surface area contributed by atoms with Gasteiger partial charge in [0.15, 0.2) is 11.5 Å². The first-order chi connectivity index (χ1) is 38.4. The van der Waals surface area contributed by atoms with Gasteiger partial charge in [-0.15, -0.1) is 30.7 Å². The normalized spacial score (nSPS) is 13.2. The van der Waals surface area contributed by atoms with Gasteiger partial charge in [0, 0.05) is 34.3 Å². The van der Waals surface area contributed by atoms with Gasteiger partial charge in [0.05, 0.1) is 21.2 Å². The van der Waals surface area contributed by atoms with E-state index in [1.807, 2.05) is 0 Å². The molecule has 0 bridgehead atoms. The number of phenolic OH excluding ortho intramolecular Hbond substituents is 4. The molecule has 11 N–H and O–H groups in total. The maximum atomic E-state index is 12.7. The molecule has 432 valence electrons. The van der Waals surface area contributed by atoms with Gasteiger partial charge in [0.1, 0.15) is 65.2 Å². The van der Waals surface area contributed by atoms with Crippen LogP contribution in [0.3, 0.4) is 0 Å². The average molecular weight is 1260 g/mol. The first kappa shape index (κ1) is 60.2. The van der Waals surface area contributed by atoms with Crippen molar-refractivity contribution in [3.8, 4) is 23.0 Å². The highest BCUT2D eigenvalue weighted by Crippen LogP contribution is 2.46. The lowest BCUT2D eigenvalue weighted by Crippen LogP contribution is -2.03. The molecule has 0 aliphatic rings. The Hall–Kier alpha value is -8.86. The summed E-state index contributed by atoms with van der Waals surface area (Å²) in [5.41, 5.74) is -2.99. The molecule has 0 saturated heterocycles. The van der Waals surface area contributed by atoms with E-state index in [4.69, 9.17) is 0 Å². The molecule has 8 aromatic carbocycles. The smallest absolute Gasteiger partial charge is 0.296 e. The van der Waals surface area contributed by atoms with E-state index >= 15 is 0 Å². The molecule has 0 fully saturated rings. The lowest BCUT2D eigenvalue weighted by atomic mass is 10.1. The summed E-state index contributed by atoms with van der Waals surface area (Å²) in [6, 6.07) is 18.2. The lowest BCUT2D eigenvalue weighted by Gasteiger charge is -2.13. The van der Waals surface area contributed by atoms with Crippen LogP contribution >= 0.6 is 0 Å². The molecule has 8 aromatic rings. The third kappa shape index (κ3) is 13.3. The molecule has 0 saturated carbocycles. The topological polar surface area (TPSA) is 518 Å². The Morgan fingerprint density at radius 1 is 0.325 bits per heavy atom. The van der Waals surface area contributed by atoms with E-state index in [0.717, 1.165) is 60.7 Å². The Bertz CT molecular complexity index is 4660. The fourth-order valence-corrected chi connectivity index (χ4v) is 11.4. The van der Waals surface area contributed by atoms with Crippen LogP contribution in [0.25, 0.3) is 21.5 Å². The summed E-state index contributed by atoms with van der Waals surface area (Å²) in [5, 5.41) is 77.4. The molecule has 0 aliphatic carbocycles. The number of nitrogens with one attached hydrogen (secondary N) is 1. The van der Waals surface area contributed by atoms with Gasteiger partial charge in [-0.3, -0.25) is 27.3 Å². The lowest BCUT2D eigenvalue weighted by molar-refractivity contribution is 0.471. The summed E-state index contributed by atoms with van der Waals surface area (Å²) in [6.45, 7) is 2.82. The zero-order chi connectivity index (χ0) is 61.1. The van der Waals surface area contributed by atoms with Crippen molar-refractivity contribution in [3.63, 3.8) is 0 Å². The first-order valence-electron chi connectivity index (χ1n) is 22.2. The number of nitrogens with zero attached hydrogens (tertiary/aromatic N) is 8. The molecule has 0 atom stereocenters. The van der Waals surface area contributed by atoms with Crippen molar-refractivity contribution in [2.24, 2.45) is 40.9 Å². The van der Waals surface area contributed by atoms with Crippen LogP contribution in [-0.2, 0) is 60.7 Å². The number of aromatic hydroxyl groups is 4. The number of anilines is 2. The summed E-state index contributed by atoms with van der Waals surface area (Å²) < 4.78 is 203. The second-order valence-electron chi connectivity index (χ2n) is 17.3. The van der Waals surface area contributed by atoms with E-state index in [9.17, 15) is 98.2 Å². The summed E-state index contributed by atoms with van der Waals surface area (Å²) in [6.07, 6.45) is 0. The van der Waals surface area contributed by atoms with E-state index in [-0.39, 0.29) is 66.8 Å². The van der Waals surface area contributed by atoms with Gasteiger partial charge in [0.2, 0.25) is 0 Å². The molecule has 0 heterocycles. The summed E-state index contributed by atoms with van der Waals surface area (Å²) in [4.78, 5) is -5.76. The third-order valence-electron chi connectivity index (χ3n) is 11.6. The monoisotopic (exact) mass is 1260 g/mol. The molecule has 0 aromatic heterocycles. The minimum atomic E-state index is -5.20. The predicted molar refractivity (Wildman–Crippen MR) is 289 cm³/mol. The van der Waals surface area contributed by atoms with E-state index in [2.05, 4.69) is 46.2 Å².